The molecule has 0 saturated heterocycles. The van der Waals surface area contributed by atoms with Crippen molar-refractivity contribution in [2.75, 3.05) is 17.8 Å². The molecule has 0 aliphatic rings. The Hall–Kier alpha value is -1.88. The number of aromatic nitrogens is 2. The van der Waals surface area contributed by atoms with E-state index < -0.39 is 0 Å². The Morgan fingerprint density at radius 1 is 1.21 bits per heavy atom. The first-order valence-corrected chi connectivity index (χ1v) is 4.26. The van der Waals surface area contributed by atoms with Crippen molar-refractivity contribution in [3.05, 3.63) is 24.3 Å². The number of hydrogen-bond acceptors (Lipinski definition) is 5. The summed E-state index contributed by atoms with van der Waals surface area (Å²) in [5.74, 6) is 6.44. The maximum absolute atomic E-state index is 5.26. The molecule has 5 heteroatoms. The zero-order valence-electron chi connectivity index (χ0n) is 7.78. The molecule has 0 saturated carbocycles. The fraction of sp³-hybridized carbons (Fsp3) is 0.111. The van der Waals surface area contributed by atoms with Crippen LogP contribution < -0.4 is 16.6 Å². The van der Waals surface area contributed by atoms with Crippen LogP contribution in [0.15, 0.2) is 24.3 Å². The van der Waals surface area contributed by atoms with E-state index in [1.807, 2.05) is 31.3 Å². The van der Waals surface area contributed by atoms with Gasteiger partial charge < -0.3 is 5.32 Å². The van der Waals surface area contributed by atoms with E-state index in [4.69, 9.17) is 5.84 Å². The number of fused-ring (bicyclic) bond motifs is 1. The molecule has 0 unspecified atom stereocenters. The Balaban J connectivity index is 2.73. The van der Waals surface area contributed by atoms with Crippen LogP contribution in [0.2, 0.25) is 0 Å². The van der Waals surface area contributed by atoms with Gasteiger partial charge in [0.05, 0.1) is 5.52 Å². The van der Waals surface area contributed by atoms with Crippen molar-refractivity contribution in [2.45, 2.75) is 0 Å². The summed E-state index contributed by atoms with van der Waals surface area (Å²) in [5, 5.41) is 3.98. The SMILES string of the molecule is CNc1nc(NN)nc2ccccc12. The predicted molar refractivity (Wildman–Crippen MR) is 56.9 cm³/mol. The highest BCUT2D eigenvalue weighted by molar-refractivity contribution is 5.89. The molecular weight excluding hydrogens is 178 g/mol. The molecule has 2 aromatic rings. The molecule has 0 aliphatic heterocycles. The highest BCUT2D eigenvalue weighted by Crippen LogP contribution is 2.20. The number of nitrogens with two attached hydrogens (primary N) is 1. The molecule has 2 rings (SSSR count). The second kappa shape index (κ2) is 3.47. The van der Waals surface area contributed by atoms with Crippen LogP contribution >= 0.6 is 0 Å². The van der Waals surface area contributed by atoms with Crippen molar-refractivity contribution in [3.8, 4) is 0 Å². The highest BCUT2D eigenvalue weighted by Gasteiger charge is 2.03. The number of nitrogens with zero attached hydrogens (tertiary/aromatic N) is 2. The molecule has 72 valence electrons. The van der Waals surface area contributed by atoms with Crippen molar-refractivity contribution in [3.63, 3.8) is 0 Å². The van der Waals surface area contributed by atoms with Crippen LogP contribution in [0, 0.1) is 0 Å². The van der Waals surface area contributed by atoms with Crippen LogP contribution in [0.3, 0.4) is 0 Å². The van der Waals surface area contributed by atoms with Gasteiger partial charge in [-0.2, -0.15) is 4.98 Å². The lowest BCUT2D eigenvalue weighted by Crippen LogP contribution is -2.11. The van der Waals surface area contributed by atoms with E-state index in [2.05, 4.69) is 20.7 Å². The smallest absolute Gasteiger partial charge is 0.239 e. The number of nitrogens with one attached hydrogen (secondary N) is 2. The van der Waals surface area contributed by atoms with Crippen LogP contribution in [0.4, 0.5) is 11.8 Å². The molecule has 14 heavy (non-hydrogen) atoms. The molecule has 1 heterocycles. The molecule has 0 radical (unpaired) electrons. The van der Waals surface area contributed by atoms with Crippen molar-refractivity contribution in [1.29, 1.82) is 0 Å². The lowest BCUT2D eigenvalue weighted by Gasteiger charge is -2.06. The fourth-order valence-corrected chi connectivity index (χ4v) is 1.33. The molecule has 0 fully saturated rings. The van der Waals surface area contributed by atoms with Crippen molar-refractivity contribution in [2.24, 2.45) is 5.84 Å². The second-order valence-electron chi connectivity index (χ2n) is 2.81. The second-order valence-corrected chi connectivity index (χ2v) is 2.81. The molecule has 0 spiro atoms. The summed E-state index contributed by atoms with van der Waals surface area (Å²) in [7, 11) is 1.81. The van der Waals surface area contributed by atoms with Crippen LogP contribution in [0.5, 0.6) is 0 Å². The summed E-state index contributed by atoms with van der Waals surface area (Å²) >= 11 is 0. The third-order valence-electron chi connectivity index (χ3n) is 1.97. The number of nitrogen functional groups attached to an aromatic ring is 1. The zero-order valence-corrected chi connectivity index (χ0v) is 7.78. The van der Waals surface area contributed by atoms with E-state index in [1.165, 1.54) is 0 Å². The summed E-state index contributed by atoms with van der Waals surface area (Å²) < 4.78 is 0. The van der Waals surface area contributed by atoms with Gasteiger partial charge in [0.1, 0.15) is 5.82 Å². The van der Waals surface area contributed by atoms with Gasteiger partial charge in [0.15, 0.2) is 0 Å². The predicted octanol–water partition coefficient (Wildman–Crippen LogP) is 0.957. The first kappa shape index (κ1) is 8.71. The molecular formula is C9H11N5. The average Bonchev–Trinajstić information content (AvgIpc) is 2.27. The van der Waals surface area contributed by atoms with Crippen LogP contribution in [-0.2, 0) is 0 Å². The van der Waals surface area contributed by atoms with Gasteiger partial charge >= 0.3 is 0 Å². The summed E-state index contributed by atoms with van der Waals surface area (Å²) in [5.41, 5.74) is 3.29. The topological polar surface area (TPSA) is 75.9 Å². The first-order chi connectivity index (χ1) is 6.85. The molecule has 4 N–H and O–H groups in total. The van der Waals surface area contributed by atoms with E-state index >= 15 is 0 Å². The minimum absolute atomic E-state index is 0.410. The van der Waals surface area contributed by atoms with Crippen LogP contribution in [0.25, 0.3) is 10.9 Å². The average molecular weight is 189 g/mol. The number of hydrazine groups is 1. The third-order valence-corrected chi connectivity index (χ3v) is 1.97. The van der Waals surface area contributed by atoms with Gasteiger partial charge in [0.25, 0.3) is 0 Å². The van der Waals surface area contributed by atoms with Crippen molar-refractivity contribution in [1.82, 2.24) is 9.97 Å². The van der Waals surface area contributed by atoms with E-state index in [9.17, 15) is 0 Å². The van der Waals surface area contributed by atoms with Crippen LogP contribution in [0.1, 0.15) is 0 Å². The Kier molecular flexibility index (Phi) is 2.16. The quantitative estimate of drug-likeness (QED) is 0.484. The maximum atomic E-state index is 5.26. The van der Waals surface area contributed by atoms with Gasteiger partial charge in [-0.3, -0.25) is 5.43 Å². The fourth-order valence-electron chi connectivity index (χ4n) is 1.33. The lowest BCUT2D eigenvalue weighted by molar-refractivity contribution is 1.15. The first-order valence-electron chi connectivity index (χ1n) is 4.26. The number of anilines is 2. The monoisotopic (exact) mass is 189 g/mol. The summed E-state index contributed by atoms with van der Waals surface area (Å²) in [4.78, 5) is 8.39. The van der Waals surface area contributed by atoms with E-state index in [0.717, 1.165) is 16.7 Å². The third kappa shape index (κ3) is 1.33. The molecule has 0 atom stereocenters. The summed E-state index contributed by atoms with van der Waals surface area (Å²) in [6, 6.07) is 7.75. The van der Waals surface area contributed by atoms with Gasteiger partial charge in [0.2, 0.25) is 5.95 Å². The molecule has 0 amide bonds. The Bertz CT molecular complexity index is 454. The molecule has 5 nitrogen and oxygen atoms in total. The van der Waals surface area contributed by atoms with Gasteiger partial charge in [-0.25, -0.2) is 10.8 Å². The zero-order chi connectivity index (χ0) is 9.97. The normalized spacial score (nSPS) is 10.1. The summed E-state index contributed by atoms with van der Waals surface area (Å²) in [6.45, 7) is 0. The molecule has 0 bridgehead atoms. The van der Waals surface area contributed by atoms with E-state index in [0.29, 0.717) is 5.95 Å². The van der Waals surface area contributed by atoms with Crippen molar-refractivity contribution < 1.29 is 0 Å². The number of rotatable bonds is 2. The van der Waals surface area contributed by atoms with Gasteiger partial charge in [-0.1, -0.05) is 12.1 Å². The number of para-hydroxylation sites is 1. The Labute approximate surface area is 81.3 Å². The van der Waals surface area contributed by atoms with Gasteiger partial charge in [0, 0.05) is 12.4 Å². The molecule has 1 aromatic heterocycles. The van der Waals surface area contributed by atoms with E-state index in [1.54, 1.807) is 0 Å². The number of benzene rings is 1. The largest absolute Gasteiger partial charge is 0.372 e. The standard InChI is InChI=1S/C9H11N5/c1-11-8-6-4-2-3-5-7(6)12-9(13-8)14-10/h2-5H,10H2,1H3,(H2,11,12,13,14). The lowest BCUT2D eigenvalue weighted by atomic mass is 10.2. The Morgan fingerprint density at radius 3 is 2.71 bits per heavy atom. The molecule has 1 aromatic carbocycles. The van der Waals surface area contributed by atoms with Crippen LogP contribution in [-0.4, -0.2) is 17.0 Å². The molecule has 0 aliphatic carbocycles. The van der Waals surface area contributed by atoms with Gasteiger partial charge in [-0.15, -0.1) is 0 Å². The highest BCUT2D eigenvalue weighted by atomic mass is 15.3. The summed E-state index contributed by atoms with van der Waals surface area (Å²) in [6.07, 6.45) is 0. The number of hydrogen-bond donors (Lipinski definition) is 3. The van der Waals surface area contributed by atoms with Crippen molar-refractivity contribution >= 4 is 22.7 Å². The van der Waals surface area contributed by atoms with E-state index in [-0.39, 0.29) is 0 Å². The van der Waals surface area contributed by atoms with Gasteiger partial charge in [-0.05, 0) is 12.1 Å². The minimum Gasteiger partial charge on any atom is -0.372 e. The minimum atomic E-state index is 0.410. The Morgan fingerprint density at radius 2 is 2.00 bits per heavy atom. The maximum Gasteiger partial charge on any atom is 0.239 e.